The first-order valence-electron chi connectivity index (χ1n) is 8.88. The van der Waals surface area contributed by atoms with E-state index in [-0.39, 0.29) is 0 Å². The Hall–Kier alpha value is -2.90. The lowest BCUT2D eigenvalue weighted by Gasteiger charge is -2.13. The van der Waals surface area contributed by atoms with E-state index >= 15 is 0 Å². The van der Waals surface area contributed by atoms with E-state index in [1.54, 1.807) is 0 Å². The largest absolute Gasteiger partial charge is 0.135 e. The quantitative estimate of drug-likeness (QED) is 0.306. The first kappa shape index (κ1) is 15.4. The van der Waals surface area contributed by atoms with Crippen molar-refractivity contribution in [2.24, 2.45) is 0 Å². The normalized spacial score (nSPS) is 11.3. The van der Waals surface area contributed by atoms with E-state index in [0.717, 1.165) is 0 Å². The second-order valence-electron chi connectivity index (χ2n) is 6.62. The van der Waals surface area contributed by atoms with E-state index in [1.807, 2.05) is 11.3 Å². The molecule has 0 nitrogen and oxygen atoms in total. The third kappa shape index (κ3) is 2.36. The lowest BCUT2D eigenvalue weighted by molar-refractivity contribution is 1.45. The van der Waals surface area contributed by atoms with Crippen molar-refractivity contribution in [2.75, 3.05) is 0 Å². The zero-order chi connectivity index (χ0) is 17.5. The molecule has 0 atom stereocenters. The van der Waals surface area contributed by atoms with Gasteiger partial charge in [0.15, 0.2) is 0 Å². The van der Waals surface area contributed by atoms with Crippen molar-refractivity contribution in [2.45, 2.75) is 6.92 Å². The Morgan fingerprint density at radius 2 is 1.19 bits per heavy atom. The highest BCUT2D eigenvalue weighted by Gasteiger charge is 2.13. The lowest BCUT2D eigenvalue weighted by atomic mass is 9.92. The third-order valence-electron chi connectivity index (χ3n) is 5.11. The summed E-state index contributed by atoms with van der Waals surface area (Å²) >= 11 is 1.89. The van der Waals surface area contributed by atoms with E-state index < -0.39 is 0 Å². The van der Waals surface area contributed by atoms with Crippen LogP contribution in [0.1, 0.15) is 5.56 Å². The van der Waals surface area contributed by atoms with Gasteiger partial charge in [0.05, 0.1) is 0 Å². The molecule has 4 aromatic carbocycles. The van der Waals surface area contributed by atoms with Crippen molar-refractivity contribution in [3.8, 4) is 22.3 Å². The summed E-state index contributed by atoms with van der Waals surface area (Å²) < 4.78 is 2.73. The fourth-order valence-electron chi connectivity index (χ4n) is 3.82. The van der Waals surface area contributed by atoms with Gasteiger partial charge < -0.3 is 0 Å². The smallest absolute Gasteiger partial charge is 0.0433 e. The monoisotopic (exact) mass is 350 g/mol. The van der Waals surface area contributed by atoms with Crippen LogP contribution in [0.4, 0.5) is 0 Å². The Labute approximate surface area is 157 Å². The van der Waals surface area contributed by atoms with E-state index in [1.165, 1.54) is 48.0 Å². The summed E-state index contributed by atoms with van der Waals surface area (Å²) in [6.45, 7) is 2.24. The molecule has 0 aliphatic heterocycles. The van der Waals surface area contributed by atoms with E-state index in [0.29, 0.717) is 0 Å². The molecule has 1 heteroatoms. The highest BCUT2D eigenvalue weighted by atomic mass is 32.1. The van der Waals surface area contributed by atoms with Crippen LogP contribution < -0.4 is 0 Å². The van der Waals surface area contributed by atoms with Crippen LogP contribution in [0.5, 0.6) is 0 Å². The van der Waals surface area contributed by atoms with Crippen LogP contribution in [-0.2, 0) is 0 Å². The summed E-state index contributed by atoms with van der Waals surface area (Å²) in [5.74, 6) is 0. The van der Waals surface area contributed by atoms with Crippen molar-refractivity contribution in [1.82, 2.24) is 0 Å². The summed E-state index contributed by atoms with van der Waals surface area (Å²) in [4.78, 5) is 0. The fourth-order valence-corrected chi connectivity index (χ4v) is 5.05. The Balaban J connectivity index is 1.79. The maximum atomic E-state index is 2.26. The Morgan fingerprint density at radius 3 is 2.08 bits per heavy atom. The molecule has 0 fully saturated rings. The predicted octanol–water partition coefficient (Wildman–Crippen LogP) is 7.70. The number of hydrogen-bond acceptors (Lipinski definition) is 1. The highest BCUT2D eigenvalue weighted by molar-refractivity contribution is 7.26. The standard InChI is InChI=1S/C25H18S/c1-17-19(18-9-3-2-4-10-18)12-7-13-20(17)22-14-8-15-23-21-11-5-6-16-24(21)26-25(22)23/h2-16H,1H3. The SMILES string of the molecule is Cc1c(-c2ccccc2)cccc1-c1cccc2c1sc1ccccc12. The molecule has 0 saturated carbocycles. The van der Waals surface area contributed by atoms with Gasteiger partial charge in [-0.1, -0.05) is 84.9 Å². The number of benzene rings is 4. The Kier molecular flexibility index (Phi) is 3.62. The van der Waals surface area contributed by atoms with Gasteiger partial charge in [0.2, 0.25) is 0 Å². The first-order valence-corrected chi connectivity index (χ1v) is 9.70. The predicted molar refractivity (Wildman–Crippen MR) is 115 cm³/mol. The van der Waals surface area contributed by atoms with Crippen LogP contribution in [0, 0.1) is 6.92 Å². The Bertz CT molecular complexity index is 1230. The molecule has 0 radical (unpaired) electrons. The highest BCUT2D eigenvalue weighted by Crippen LogP contribution is 2.41. The van der Waals surface area contributed by atoms with Gasteiger partial charge >= 0.3 is 0 Å². The second kappa shape index (κ2) is 6.12. The molecule has 0 aliphatic rings. The van der Waals surface area contributed by atoms with Gasteiger partial charge in [-0.2, -0.15) is 0 Å². The van der Waals surface area contributed by atoms with Crippen molar-refractivity contribution in [3.05, 3.63) is 96.6 Å². The molecular formula is C25H18S. The van der Waals surface area contributed by atoms with Crippen LogP contribution in [0.15, 0.2) is 91.0 Å². The van der Waals surface area contributed by atoms with Crippen molar-refractivity contribution in [3.63, 3.8) is 0 Å². The molecule has 0 amide bonds. The van der Waals surface area contributed by atoms with Crippen molar-refractivity contribution in [1.29, 1.82) is 0 Å². The molecule has 0 saturated heterocycles. The maximum Gasteiger partial charge on any atom is 0.0433 e. The van der Waals surface area contributed by atoms with Crippen LogP contribution in [0.25, 0.3) is 42.4 Å². The zero-order valence-corrected chi connectivity index (χ0v) is 15.4. The van der Waals surface area contributed by atoms with Gasteiger partial charge in [0.25, 0.3) is 0 Å². The summed E-state index contributed by atoms with van der Waals surface area (Å²) in [5, 5.41) is 2.71. The van der Waals surface area contributed by atoms with Crippen molar-refractivity contribution < 1.29 is 0 Å². The molecule has 1 aromatic heterocycles. The van der Waals surface area contributed by atoms with Crippen LogP contribution in [0.2, 0.25) is 0 Å². The van der Waals surface area contributed by atoms with Gasteiger partial charge in [0, 0.05) is 20.2 Å². The summed E-state index contributed by atoms with van der Waals surface area (Å²) in [6.07, 6.45) is 0. The molecule has 0 aliphatic carbocycles. The molecule has 0 unspecified atom stereocenters. The third-order valence-corrected chi connectivity index (χ3v) is 6.33. The average Bonchev–Trinajstić information content (AvgIpc) is 3.08. The van der Waals surface area contributed by atoms with Gasteiger partial charge in [-0.15, -0.1) is 11.3 Å². The van der Waals surface area contributed by atoms with Crippen LogP contribution in [0.3, 0.4) is 0 Å². The molecule has 5 rings (SSSR count). The van der Waals surface area contributed by atoms with E-state index in [2.05, 4.69) is 97.9 Å². The minimum Gasteiger partial charge on any atom is -0.135 e. The zero-order valence-electron chi connectivity index (χ0n) is 14.6. The summed E-state index contributed by atoms with van der Waals surface area (Å²) in [6, 6.07) is 32.7. The average molecular weight is 350 g/mol. The number of thiophene rings is 1. The van der Waals surface area contributed by atoms with E-state index in [4.69, 9.17) is 0 Å². The first-order chi connectivity index (χ1) is 12.8. The topological polar surface area (TPSA) is 0 Å². The molecule has 124 valence electrons. The maximum absolute atomic E-state index is 2.26. The lowest BCUT2D eigenvalue weighted by Crippen LogP contribution is -1.88. The fraction of sp³-hybridized carbons (Fsp3) is 0.0400. The van der Waals surface area contributed by atoms with Crippen LogP contribution >= 0.6 is 11.3 Å². The van der Waals surface area contributed by atoms with Gasteiger partial charge in [-0.05, 0) is 40.8 Å². The molecule has 0 bridgehead atoms. The number of hydrogen-bond donors (Lipinski definition) is 0. The number of fused-ring (bicyclic) bond motifs is 3. The van der Waals surface area contributed by atoms with Gasteiger partial charge in [-0.3, -0.25) is 0 Å². The summed E-state index contributed by atoms with van der Waals surface area (Å²) in [5.41, 5.74) is 6.57. The second-order valence-corrected chi connectivity index (χ2v) is 7.68. The molecule has 5 aromatic rings. The minimum atomic E-state index is 1.27. The van der Waals surface area contributed by atoms with Gasteiger partial charge in [0.1, 0.15) is 0 Å². The molecule has 0 spiro atoms. The summed E-state index contributed by atoms with van der Waals surface area (Å²) in [7, 11) is 0. The van der Waals surface area contributed by atoms with E-state index in [9.17, 15) is 0 Å². The molecular weight excluding hydrogens is 332 g/mol. The molecule has 1 heterocycles. The van der Waals surface area contributed by atoms with Crippen LogP contribution in [-0.4, -0.2) is 0 Å². The molecule has 0 N–H and O–H groups in total. The molecule has 26 heavy (non-hydrogen) atoms. The van der Waals surface area contributed by atoms with Crippen molar-refractivity contribution >= 4 is 31.5 Å². The Morgan fingerprint density at radius 1 is 0.538 bits per heavy atom. The minimum absolute atomic E-state index is 1.27. The van der Waals surface area contributed by atoms with Gasteiger partial charge in [-0.25, -0.2) is 0 Å². The number of rotatable bonds is 2.